The van der Waals surface area contributed by atoms with Crippen molar-refractivity contribution in [1.29, 1.82) is 0 Å². The zero-order valence-electron chi connectivity index (χ0n) is 12.5. The van der Waals surface area contributed by atoms with Crippen molar-refractivity contribution < 1.29 is 4.39 Å². The van der Waals surface area contributed by atoms with Crippen LogP contribution < -0.4 is 0 Å². The Kier molecular flexibility index (Phi) is 4.97. The number of unbranched alkanes of at least 4 members (excludes halogenated alkanes) is 1. The van der Waals surface area contributed by atoms with Gasteiger partial charge in [0.2, 0.25) is 0 Å². The topological polar surface area (TPSA) is 20.7 Å². The summed E-state index contributed by atoms with van der Waals surface area (Å²) in [6.07, 6.45) is 4.85. The summed E-state index contributed by atoms with van der Waals surface area (Å²) in [7, 11) is 0. The number of benzene rings is 1. The van der Waals surface area contributed by atoms with Crippen molar-refractivity contribution in [3.63, 3.8) is 0 Å². The summed E-state index contributed by atoms with van der Waals surface area (Å²) in [5.41, 5.74) is 2.48. The van der Waals surface area contributed by atoms with E-state index < -0.39 is 0 Å². The number of rotatable bonds is 6. The predicted molar refractivity (Wildman–Crippen MR) is 85.1 cm³/mol. The number of nitrogens with one attached hydrogen (secondary N) is 1. The van der Waals surface area contributed by atoms with Gasteiger partial charge in [-0.1, -0.05) is 33.1 Å². The van der Waals surface area contributed by atoms with Gasteiger partial charge in [0.15, 0.2) is 4.77 Å². The molecular formula is C16H23FN2S. The van der Waals surface area contributed by atoms with Gasteiger partial charge in [0.1, 0.15) is 5.82 Å². The lowest BCUT2D eigenvalue weighted by molar-refractivity contribution is 0.393. The molecule has 0 aliphatic heterocycles. The quantitative estimate of drug-likeness (QED) is 0.711. The first-order valence-corrected chi connectivity index (χ1v) is 7.86. The Morgan fingerprint density at radius 3 is 2.75 bits per heavy atom. The van der Waals surface area contributed by atoms with Gasteiger partial charge in [-0.3, -0.25) is 0 Å². The second-order valence-corrected chi connectivity index (χ2v) is 5.96. The highest BCUT2D eigenvalue weighted by molar-refractivity contribution is 7.71. The van der Waals surface area contributed by atoms with Crippen LogP contribution in [0.25, 0.3) is 11.0 Å². The number of hydrogen-bond donors (Lipinski definition) is 1. The predicted octanol–water partition coefficient (Wildman–Crippen LogP) is 5.36. The number of fused-ring (bicyclic) bond motifs is 1. The molecule has 2 nitrogen and oxygen atoms in total. The zero-order valence-corrected chi connectivity index (χ0v) is 13.3. The molecule has 0 fully saturated rings. The van der Waals surface area contributed by atoms with Crippen LogP contribution in [0, 0.1) is 23.4 Å². The molecule has 0 radical (unpaired) electrons. The van der Waals surface area contributed by atoms with Crippen LogP contribution >= 0.6 is 12.2 Å². The van der Waals surface area contributed by atoms with Crippen LogP contribution in [0.2, 0.25) is 0 Å². The van der Waals surface area contributed by atoms with Gasteiger partial charge in [-0.2, -0.15) is 0 Å². The minimum Gasteiger partial charge on any atom is -0.330 e. The van der Waals surface area contributed by atoms with Crippen LogP contribution in [0.3, 0.4) is 0 Å². The van der Waals surface area contributed by atoms with E-state index >= 15 is 0 Å². The molecule has 0 aliphatic rings. The minimum absolute atomic E-state index is 0.182. The highest BCUT2D eigenvalue weighted by Gasteiger charge is 2.12. The SMILES string of the molecule is CCCCC(CC)Cn1c(=S)[nH]c2cc(F)c(C)cc21. The first kappa shape index (κ1) is 15.2. The van der Waals surface area contributed by atoms with Gasteiger partial charge in [0.25, 0.3) is 0 Å². The van der Waals surface area contributed by atoms with Crippen molar-refractivity contribution in [3.8, 4) is 0 Å². The minimum atomic E-state index is -0.182. The van der Waals surface area contributed by atoms with Crippen molar-refractivity contribution in [2.45, 2.75) is 53.0 Å². The molecule has 1 N–H and O–H groups in total. The molecule has 110 valence electrons. The Morgan fingerprint density at radius 2 is 2.10 bits per heavy atom. The number of aromatic amines is 1. The average Bonchev–Trinajstić information content (AvgIpc) is 2.71. The molecule has 0 saturated carbocycles. The molecule has 20 heavy (non-hydrogen) atoms. The maximum Gasteiger partial charge on any atom is 0.178 e. The maximum absolute atomic E-state index is 13.6. The van der Waals surface area contributed by atoms with Gasteiger partial charge in [0.05, 0.1) is 11.0 Å². The number of nitrogens with zero attached hydrogens (tertiary/aromatic N) is 1. The van der Waals surface area contributed by atoms with Crippen LogP contribution in [0.15, 0.2) is 12.1 Å². The fourth-order valence-corrected chi connectivity index (χ4v) is 2.92. The Morgan fingerprint density at radius 1 is 1.35 bits per heavy atom. The summed E-state index contributed by atoms with van der Waals surface area (Å²) in [5, 5.41) is 0. The largest absolute Gasteiger partial charge is 0.330 e. The number of hydrogen-bond acceptors (Lipinski definition) is 1. The van der Waals surface area contributed by atoms with E-state index in [4.69, 9.17) is 12.2 Å². The number of halogens is 1. The third-order valence-corrected chi connectivity index (χ3v) is 4.36. The van der Waals surface area contributed by atoms with Gasteiger partial charge in [-0.05, 0) is 49.2 Å². The van der Waals surface area contributed by atoms with Gasteiger partial charge in [-0.25, -0.2) is 4.39 Å². The van der Waals surface area contributed by atoms with Gasteiger partial charge >= 0.3 is 0 Å². The number of H-pyrrole nitrogens is 1. The molecule has 0 spiro atoms. The summed E-state index contributed by atoms with van der Waals surface area (Å²) >= 11 is 5.40. The summed E-state index contributed by atoms with van der Waals surface area (Å²) in [6.45, 7) is 7.16. The van der Waals surface area contributed by atoms with Crippen molar-refractivity contribution in [2.24, 2.45) is 5.92 Å². The lowest BCUT2D eigenvalue weighted by Gasteiger charge is -2.16. The monoisotopic (exact) mass is 294 g/mol. The lowest BCUT2D eigenvalue weighted by Crippen LogP contribution is -2.10. The molecule has 1 atom stereocenters. The van der Waals surface area contributed by atoms with Gasteiger partial charge < -0.3 is 9.55 Å². The summed E-state index contributed by atoms with van der Waals surface area (Å²) < 4.78 is 16.4. The molecular weight excluding hydrogens is 271 g/mol. The van der Waals surface area contributed by atoms with E-state index in [0.717, 1.165) is 24.0 Å². The summed E-state index contributed by atoms with van der Waals surface area (Å²) in [5.74, 6) is 0.449. The van der Waals surface area contributed by atoms with Gasteiger partial charge in [-0.15, -0.1) is 0 Å². The highest BCUT2D eigenvalue weighted by atomic mass is 32.1. The first-order valence-electron chi connectivity index (χ1n) is 7.45. The smallest absolute Gasteiger partial charge is 0.178 e. The molecule has 1 unspecified atom stereocenters. The van der Waals surface area contributed by atoms with E-state index in [1.807, 2.05) is 6.07 Å². The molecule has 0 saturated heterocycles. The van der Waals surface area contributed by atoms with Crippen LogP contribution in [-0.2, 0) is 6.54 Å². The van der Waals surface area contributed by atoms with E-state index in [0.29, 0.717) is 16.3 Å². The molecule has 1 heterocycles. The second kappa shape index (κ2) is 6.53. The fraction of sp³-hybridized carbons (Fsp3) is 0.562. The normalized spacial score (nSPS) is 13.0. The molecule has 0 aliphatic carbocycles. The molecule has 2 aromatic rings. The lowest BCUT2D eigenvalue weighted by atomic mass is 9.99. The number of aryl methyl sites for hydroxylation is 1. The molecule has 4 heteroatoms. The second-order valence-electron chi connectivity index (χ2n) is 5.58. The van der Waals surface area contributed by atoms with Crippen LogP contribution in [0.1, 0.15) is 45.1 Å². The number of imidazole rings is 1. The van der Waals surface area contributed by atoms with Crippen LogP contribution in [0.4, 0.5) is 4.39 Å². The Bertz CT molecular complexity index is 642. The van der Waals surface area contributed by atoms with Crippen molar-refractivity contribution in [2.75, 3.05) is 0 Å². The zero-order chi connectivity index (χ0) is 14.7. The highest BCUT2D eigenvalue weighted by Crippen LogP contribution is 2.22. The Balaban J connectivity index is 2.36. The van der Waals surface area contributed by atoms with E-state index in [9.17, 15) is 4.39 Å². The molecule has 0 bridgehead atoms. The molecule has 1 aromatic carbocycles. The van der Waals surface area contributed by atoms with Crippen LogP contribution in [0.5, 0.6) is 0 Å². The van der Waals surface area contributed by atoms with Crippen molar-refractivity contribution >= 4 is 23.3 Å². The fourth-order valence-electron chi connectivity index (χ4n) is 2.64. The summed E-state index contributed by atoms with van der Waals surface area (Å²) in [6, 6.07) is 3.44. The molecule has 0 amide bonds. The van der Waals surface area contributed by atoms with Crippen molar-refractivity contribution in [3.05, 3.63) is 28.3 Å². The third kappa shape index (κ3) is 3.11. The van der Waals surface area contributed by atoms with E-state index in [2.05, 4.69) is 23.4 Å². The maximum atomic E-state index is 13.6. The molecule has 2 rings (SSSR count). The standard InChI is InChI=1S/C16H23FN2S/c1-4-6-7-12(5-2)10-19-15-8-11(3)13(17)9-14(15)18-16(19)20/h8-9,12H,4-7,10H2,1-3H3,(H,18,20). The van der Waals surface area contributed by atoms with Crippen LogP contribution in [-0.4, -0.2) is 9.55 Å². The summed E-state index contributed by atoms with van der Waals surface area (Å²) in [4.78, 5) is 3.12. The van der Waals surface area contributed by atoms with Gasteiger partial charge in [0, 0.05) is 6.54 Å². The Labute approximate surface area is 125 Å². The first-order chi connectivity index (χ1) is 9.56. The van der Waals surface area contributed by atoms with E-state index in [1.165, 1.54) is 19.3 Å². The van der Waals surface area contributed by atoms with E-state index in [-0.39, 0.29) is 5.82 Å². The Hall–Kier alpha value is -1.16. The van der Waals surface area contributed by atoms with E-state index in [1.54, 1.807) is 13.0 Å². The third-order valence-electron chi connectivity index (χ3n) is 4.04. The molecule has 1 aromatic heterocycles. The average molecular weight is 294 g/mol. The van der Waals surface area contributed by atoms with Crippen molar-refractivity contribution in [1.82, 2.24) is 9.55 Å². The number of aromatic nitrogens is 2.